The number of allylic oxidation sites excluding steroid dienone is 10. The van der Waals surface area contributed by atoms with E-state index in [0.717, 1.165) is 70.6 Å². The van der Waals surface area contributed by atoms with Gasteiger partial charge in [0.2, 0.25) is 0 Å². The lowest BCUT2D eigenvalue weighted by Crippen LogP contribution is -2.30. The Morgan fingerprint density at radius 1 is 0.329 bits per heavy atom. The molecule has 1 unspecified atom stereocenters. The van der Waals surface area contributed by atoms with E-state index in [1.165, 1.54) is 212 Å². The van der Waals surface area contributed by atoms with Crippen molar-refractivity contribution in [2.75, 3.05) is 19.8 Å². The molecule has 0 heterocycles. The number of hydrogen-bond donors (Lipinski definition) is 0. The van der Waals surface area contributed by atoms with Crippen LogP contribution in [0.3, 0.4) is 0 Å². The number of carbonyl (C=O) groups is 2. The van der Waals surface area contributed by atoms with Crippen molar-refractivity contribution in [3.8, 4) is 0 Å². The summed E-state index contributed by atoms with van der Waals surface area (Å²) in [5.41, 5.74) is 0. The van der Waals surface area contributed by atoms with E-state index < -0.39 is 6.10 Å². The molecule has 0 spiro atoms. The average Bonchev–Trinajstić information content (AvgIpc) is 3.36. The van der Waals surface area contributed by atoms with Gasteiger partial charge in [0, 0.05) is 19.4 Å². The Morgan fingerprint density at radius 2 is 0.643 bits per heavy atom. The van der Waals surface area contributed by atoms with Crippen molar-refractivity contribution in [3.63, 3.8) is 0 Å². The zero-order chi connectivity index (χ0) is 50.6. The highest BCUT2D eigenvalue weighted by molar-refractivity contribution is 5.70. The summed E-state index contributed by atoms with van der Waals surface area (Å²) in [5.74, 6) is -0.429. The highest BCUT2D eigenvalue weighted by Crippen LogP contribution is 2.17. The fraction of sp³-hybridized carbons (Fsp3) is 0.815. The monoisotopic (exact) mass is 979 g/mol. The van der Waals surface area contributed by atoms with Crippen molar-refractivity contribution in [2.24, 2.45) is 0 Å². The van der Waals surface area contributed by atoms with Crippen molar-refractivity contribution < 1.29 is 23.8 Å². The van der Waals surface area contributed by atoms with E-state index >= 15 is 0 Å². The van der Waals surface area contributed by atoms with Crippen LogP contribution >= 0.6 is 0 Å². The Bertz CT molecular complexity index is 1200. The fourth-order valence-electron chi connectivity index (χ4n) is 8.97. The molecule has 0 rings (SSSR count). The standard InChI is InChI=1S/C65H118O5/c1-4-7-10-13-16-19-22-25-28-30-32-34-36-39-42-45-48-51-54-57-60-68-61-63(70-65(67)59-56-53-50-47-44-41-37-27-24-21-18-15-12-9-6-3)62-69-64(66)58-55-52-49-46-43-40-38-35-33-31-29-26-23-20-17-14-11-8-5-2/h9,12,18,21,25,27-28,37,44,47,63H,4-8,10-11,13-17,19-20,22-24,26,29-36,38-43,45-46,48-62H2,1-3H3/b12-9-,21-18-,28-25-,37-27-,47-44-. The molecular weight excluding hydrogens is 861 g/mol. The van der Waals surface area contributed by atoms with E-state index in [1.54, 1.807) is 0 Å². The Labute approximate surface area is 436 Å². The van der Waals surface area contributed by atoms with Crippen LogP contribution in [0, 0.1) is 0 Å². The lowest BCUT2D eigenvalue weighted by atomic mass is 10.0. The Morgan fingerprint density at radius 3 is 1.07 bits per heavy atom. The molecule has 0 N–H and O–H groups in total. The third-order valence-corrected chi connectivity index (χ3v) is 13.5. The zero-order valence-corrected chi connectivity index (χ0v) is 47.0. The van der Waals surface area contributed by atoms with Gasteiger partial charge >= 0.3 is 11.9 Å². The topological polar surface area (TPSA) is 61.8 Å². The molecule has 0 aliphatic carbocycles. The first-order valence-corrected chi connectivity index (χ1v) is 30.8. The lowest BCUT2D eigenvalue weighted by Gasteiger charge is -2.18. The molecule has 0 aromatic rings. The van der Waals surface area contributed by atoms with Gasteiger partial charge in [0.15, 0.2) is 6.10 Å². The van der Waals surface area contributed by atoms with E-state index in [4.69, 9.17) is 14.2 Å². The average molecular weight is 980 g/mol. The van der Waals surface area contributed by atoms with Crippen LogP contribution in [-0.2, 0) is 23.8 Å². The Balaban J connectivity index is 4.26. The molecule has 408 valence electrons. The van der Waals surface area contributed by atoms with Crippen LogP contribution in [0.1, 0.15) is 316 Å². The van der Waals surface area contributed by atoms with Crippen LogP contribution in [0.15, 0.2) is 60.8 Å². The molecule has 0 fully saturated rings. The van der Waals surface area contributed by atoms with Gasteiger partial charge in [-0.2, -0.15) is 0 Å². The van der Waals surface area contributed by atoms with Gasteiger partial charge in [-0.3, -0.25) is 9.59 Å². The maximum absolute atomic E-state index is 12.9. The molecule has 5 nitrogen and oxygen atoms in total. The number of ether oxygens (including phenoxy) is 3. The molecular formula is C65H118O5. The van der Waals surface area contributed by atoms with Gasteiger partial charge in [0.25, 0.3) is 0 Å². The molecule has 0 aromatic carbocycles. The summed E-state index contributed by atoms with van der Waals surface area (Å²) in [6, 6.07) is 0. The second kappa shape index (κ2) is 60.9. The summed E-state index contributed by atoms with van der Waals surface area (Å²) >= 11 is 0. The van der Waals surface area contributed by atoms with E-state index in [-0.39, 0.29) is 25.2 Å². The minimum absolute atomic E-state index is 0.0710. The molecule has 5 heteroatoms. The predicted octanol–water partition coefficient (Wildman–Crippen LogP) is 21.2. The zero-order valence-electron chi connectivity index (χ0n) is 47.0. The molecule has 0 saturated heterocycles. The van der Waals surface area contributed by atoms with Gasteiger partial charge < -0.3 is 14.2 Å². The van der Waals surface area contributed by atoms with Crippen molar-refractivity contribution >= 4 is 11.9 Å². The van der Waals surface area contributed by atoms with E-state index in [9.17, 15) is 9.59 Å². The van der Waals surface area contributed by atoms with Crippen LogP contribution < -0.4 is 0 Å². The molecule has 0 aliphatic heterocycles. The number of carbonyl (C=O) groups excluding carboxylic acids is 2. The maximum atomic E-state index is 12.9. The first-order chi connectivity index (χ1) is 34.6. The number of hydrogen-bond acceptors (Lipinski definition) is 5. The van der Waals surface area contributed by atoms with Gasteiger partial charge in [0.05, 0.1) is 6.61 Å². The highest BCUT2D eigenvalue weighted by atomic mass is 16.6. The van der Waals surface area contributed by atoms with Crippen molar-refractivity contribution in [1.82, 2.24) is 0 Å². The van der Waals surface area contributed by atoms with Crippen molar-refractivity contribution in [1.29, 1.82) is 0 Å². The summed E-state index contributed by atoms with van der Waals surface area (Å²) in [5, 5.41) is 0. The third kappa shape index (κ3) is 58.2. The summed E-state index contributed by atoms with van der Waals surface area (Å²) < 4.78 is 17.5. The first kappa shape index (κ1) is 67.6. The normalized spacial score (nSPS) is 12.6. The number of unbranched alkanes of at least 4 members (excludes halogenated alkanes) is 36. The van der Waals surface area contributed by atoms with Gasteiger partial charge in [-0.1, -0.05) is 281 Å². The van der Waals surface area contributed by atoms with Crippen LogP contribution in [0.5, 0.6) is 0 Å². The Kier molecular flexibility index (Phi) is 58.8. The molecule has 0 saturated carbocycles. The molecule has 70 heavy (non-hydrogen) atoms. The minimum Gasteiger partial charge on any atom is -0.462 e. The van der Waals surface area contributed by atoms with Gasteiger partial charge in [-0.05, 0) is 83.5 Å². The lowest BCUT2D eigenvalue weighted by molar-refractivity contribution is -0.163. The van der Waals surface area contributed by atoms with Gasteiger partial charge in [-0.25, -0.2) is 0 Å². The second-order valence-electron chi connectivity index (χ2n) is 20.6. The molecule has 0 bridgehead atoms. The predicted molar refractivity (Wildman–Crippen MR) is 307 cm³/mol. The summed E-state index contributed by atoms with van der Waals surface area (Å²) in [4.78, 5) is 25.6. The molecule has 0 radical (unpaired) electrons. The van der Waals surface area contributed by atoms with E-state index in [2.05, 4.69) is 81.5 Å². The first-order valence-electron chi connectivity index (χ1n) is 30.8. The number of rotatable bonds is 57. The number of esters is 2. The molecule has 1 atom stereocenters. The molecule has 0 amide bonds. The van der Waals surface area contributed by atoms with Gasteiger partial charge in [-0.15, -0.1) is 0 Å². The summed E-state index contributed by atoms with van der Waals surface area (Å²) in [7, 11) is 0. The molecule has 0 aromatic heterocycles. The highest BCUT2D eigenvalue weighted by Gasteiger charge is 2.17. The third-order valence-electron chi connectivity index (χ3n) is 13.5. The second-order valence-corrected chi connectivity index (χ2v) is 20.6. The maximum Gasteiger partial charge on any atom is 0.306 e. The smallest absolute Gasteiger partial charge is 0.306 e. The summed E-state index contributed by atoms with van der Waals surface area (Å²) in [6.45, 7) is 7.72. The Hall–Kier alpha value is -2.40. The largest absolute Gasteiger partial charge is 0.462 e. The quantitative estimate of drug-likeness (QED) is 0.0345. The summed E-state index contributed by atoms with van der Waals surface area (Å²) in [6.07, 6.45) is 78.3. The SMILES string of the molecule is CC/C=C\C/C=C\C/C=C\C/C=C\CCCCC(=O)OC(COCCCCCCCCCCCC/C=C\CCCCCCCC)COC(=O)CCCCCCCCCCCCCCCCCCCCC. The van der Waals surface area contributed by atoms with Crippen molar-refractivity contribution in [2.45, 2.75) is 322 Å². The minimum atomic E-state index is -0.558. The van der Waals surface area contributed by atoms with Crippen molar-refractivity contribution in [3.05, 3.63) is 60.8 Å². The van der Waals surface area contributed by atoms with Crippen LogP contribution in [0.25, 0.3) is 0 Å². The van der Waals surface area contributed by atoms with E-state index in [1.807, 2.05) is 0 Å². The van der Waals surface area contributed by atoms with Crippen LogP contribution in [-0.4, -0.2) is 37.9 Å². The van der Waals surface area contributed by atoms with Crippen LogP contribution in [0.2, 0.25) is 0 Å². The fourth-order valence-corrected chi connectivity index (χ4v) is 8.97. The van der Waals surface area contributed by atoms with Crippen LogP contribution in [0.4, 0.5) is 0 Å². The van der Waals surface area contributed by atoms with E-state index in [0.29, 0.717) is 19.4 Å². The molecule has 0 aliphatic rings. The van der Waals surface area contributed by atoms with Gasteiger partial charge in [0.1, 0.15) is 6.61 Å².